The maximum atomic E-state index is 13.2. The van der Waals surface area contributed by atoms with Crippen molar-refractivity contribution in [3.05, 3.63) is 57.4 Å². The predicted molar refractivity (Wildman–Crippen MR) is 72.3 cm³/mol. The van der Waals surface area contributed by atoms with Gasteiger partial charge in [-0.05, 0) is 23.8 Å². The van der Waals surface area contributed by atoms with E-state index in [-0.39, 0.29) is 17.1 Å². The van der Waals surface area contributed by atoms with Gasteiger partial charge in [-0.15, -0.1) is 0 Å². The monoisotopic (exact) mass is 309 g/mol. The topological polar surface area (TPSA) is 96.0 Å². The van der Waals surface area contributed by atoms with Crippen LogP contribution >= 0.6 is 0 Å². The van der Waals surface area contributed by atoms with E-state index in [1.54, 1.807) is 0 Å². The second kappa shape index (κ2) is 5.72. The van der Waals surface area contributed by atoms with Gasteiger partial charge in [-0.1, -0.05) is 0 Å². The maximum absolute atomic E-state index is 13.2. The van der Waals surface area contributed by atoms with Gasteiger partial charge >= 0.3 is 0 Å². The van der Waals surface area contributed by atoms with Crippen LogP contribution in [-0.2, 0) is 4.79 Å². The van der Waals surface area contributed by atoms with Crippen LogP contribution in [0.3, 0.4) is 0 Å². The van der Waals surface area contributed by atoms with Crippen LogP contribution in [0.25, 0.3) is 6.08 Å². The summed E-state index contributed by atoms with van der Waals surface area (Å²) in [5.74, 6) is -4.04. The minimum Gasteiger partial charge on any atom is -0.503 e. The Balaban J connectivity index is 2.39. The van der Waals surface area contributed by atoms with Crippen molar-refractivity contribution in [3.63, 3.8) is 0 Å². The number of amidine groups is 1. The lowest BCUT2D eigenvalue weighted by Gasteiger charge is -2.06. The summed E-state index contributed by atoms with van der Waals surface area (Å²) in [6, 6.07) is 1.66. The van der Waals surface area contributed by atoms with Crippen LogP contribution in [-0.4, -0.2) is 33.7 Å². The fourth-order valence-corrected chi connectivity index (χ4v) is 1.72. The molecule has 0 radical (unpaired) electrons. The zero-order chi connectivity index (χ0) is 16.4. The first-order chi connectivity index (χ1) is 10.3. The van der Waals surface area contributed by atoms with Crippen LogP contribution in [0.4, 0.5) is 8.78 Å². The molecule has 0 saturated heterocycles. The van der Waals surface area contributed by atoms with Gasteiger partial charge in [0.1, 0.15) is 11.5 Å². The number of hydrogen-bond acceptors (Lipinski definition) is 5. The van der Waals surface area contributed by atoms with Gasteiger partial charge in [-0.3, -0.25) is 19.8 Å². The number of benzene rings is 1. The average Bonchev–Trinajstić information content (AvgIpc) is 2.70. The number of likely N-dealkylation sites (N-methyl/N-ethyl adjacent to an activating group) is 1. The summed E-state index contributed by atoms with van der Waals surface area (Å²) in [6.45, 7) is 0. The lowest BCUT2D eigenvalue weighted by atomic mass is 10.1. The van der Waals surface area contributed by atoms with E-state index in [9.17, 15) is 23.7 Å². The first-order valence-electron chi connectivity index (χ1n) is 5.87. The van der Waals surface area contributed by atoms with Gasteiger partial charge in [0.25, 0.3) is 5.91 Å². The molecule has 1 aromatic carbocycles. The fourth-order valence-electron chi connectivity index (χ4n) is 1.72. The van der Waals surface area contributed by atoms with Crippen molar-refractivity contribution in [2.75, 3.05) is 7.05 Å². The van der Waals surface area contributed by atoms with Crippen LogP contribution in [0.5, 0.6) is 5.75 Å². The second-order valence-corrected chi connectivity index (χ2v) is 4.30. The molecule has 0 bridgehead atoms. The molecule has 9 heteroatoms. The SMILES string of the molecule is CN1C(=O)/C(=C\c2cc(F)c(O)c(F)c2)N=C1/C=C/[N+](=O)[O-]. The number of phenolic OH excluding ortho intramolecular Hbond substituents is 1. The van der Waals surface area contributed by atoms with Crippen molar-refractivity contribution < 1.29 is 23.6 Å². The summed E-state index contributed by atoms with van der Waals surface area (Å²) >= 11 is 0. The molecule has 0 atom stereocenters. The number of carbonyl (C=O) groups excluding carboxylic acids is 1. The molecule has 2 rings (SSSR count). The molecule has 1 heterocycles. The third kappa shape index (κ3) is 2.97. The summed E-state index contributed by atoms with van der Waals surface area (Å²) in [4.78, 5) is 26.4. The molecule has 0 unspecified atom stereocenters. The lowest BCUT2D eigenvalue weighted by molar-refractivity contribution is -0.402. The summed E-state index contributed by atoms with van der Waals surface area (Å²) in [5, 5.41) is 19.3. The number of aliphatic imine (C=N–C) groups is 1. The van der Waals surface area contributed by atoms with Gasteiger partial charge in [0.15, 0.2) is 17.4 Å². The zero-order valence-corrected chi connectivity index (χ0v) is 11.2. The minimum absolute atomic E-state index is 0.0206. The highest BCUT2D eigenvalue weighted by atomic mass is 19.1. The molecular weight excluding hydrogens is 300 g/mol. The smallest absolute Gasteiger partial charge is 0.277 e. The number of hydrogen-bond donors (Lipinski definition) is 1. The fraction of sp³-hybridized carbons (Fsp3) is 0.0769. The predicted octanol–water partition coefficient (Wildman–Crippen LogP) is 1.67. The van der Waals surface area contributed by atoms with E-state index >= 15 is 0 Å². The highest BCUT2D eigenvalue weighted by Crippen LogP contribution is 2.24. The molecule has 0 spiro atoms. The first-order valence-corrected chi connectivity index (χ1v) is 5.87. The number of amides is 1. The van der Waals surface area contributed by atoms with Crippen molar-refractivity contribution in [1.29, 1.82) is 0 Å². The largest absolute Gasteiger partial charge is 0.503 e. The van der Waals surface area contributed by atoms with E-state index in [1.807, 2.05) is 0 Å². The highest BCUT2D eigenvalue weighted by Gasteiger charge is 2.26. The van der Waals surface area contributed by atoms with E-state index in [2.05, 4.69) is 4.99 Å². The van der Waals surface area contributed by atoms with E-state index < -0.39 is 28.2 Å². The van der Waals surface area contributed by atoms with E-state index in [0.29, 0.717) is 6.20 Å². The molecule has 1 aliphatic rings. The summed E-state index contributed by atoms with van der Waals surface area (Å²) in [6.07, 6.45) is 2.75. The van der Waals surface area contributed by atoms with Gasteiger partial charge in [-0.25, -0.2) is 13.8 Å². The Morgan fingerprint density at radius 3 is 2.50 bits per heavy atom. The van der Waals surface area contributed by atoms with Gasteiger partial charge in [0.2, 0.25) is 6.20 Å². The Kier molecular flexibility index (Phi) is 3.97. The molecule has 1 N–H and O–H groups in total. The quantitative estimate of drug-likeness (QED) is 0.522. The van der Waals surface area contributed by atoms with E-state index in [0.717, 1.165) is 29.2 Å². The van der Waals surface area contributed by atoms with Gasteiger partial charge < -0.3 is 5.11 Å². The summed E-state index contributed by atoms with van der Waals surface area (Å²) < 4.78 is 26.5. The molecule has 22 heavy (non-hydrogen) atoms. The Morgan fingerprint density at radius 1 is 1.36 bits per heavy atom. The van der Waals surface area contributed by atoms with E-state index in [1.165, 1.54) is 7.05 Å². The molecule has 0 fully saturated rings. The van der Waals surface area contributed by atoms with Crippen LogP contribution in [0, 0.1) is 21.7 Å². The molecule has 7 nitrogen and oxygen atoms in total. The van der Waals surface area contributed by atoms with Gasteiger partial charge in [-0.2, -0.15) is 0 Å². The molecule has 1 aliphatic heterocycles. The van der Waals surface area contributed by atoms with Crippen LogP contribution in [0.2, 0.25) is 0 Å². The standard InChI is InChI=1S/C13H9F2N3O4/c1-17-11(2-3-18(21)22)16-10(13(17)20)6-7-4-8(14)12(19)9(15)5-7/h2-6,19H,1H3/b3-2+,10-6+. The van der Waals surface area contributed by atoms with Crippen molar-refractivity contribution in [2.45, 2.75) is 0 Å². The second-order valence-electron chi connectivity index (χ2n) is 4.30. The number of halogens is 2. The number of aromatic hydroxyl groups is 1. The molecule has 0 aliphatic carbocycles. The number of nitrogens with zero attached hydrogens (tertiary/aromatic N) is 3. The first kappa shape index (κ1) is 15.3. The molecule has 1 amide bonds. The van der Waals surface area contributed by atoms with Crippen LogP contribution in [0.1, 0.15) is 5.56 Å². The molecule has 1 aromatic rings. The van der Waals surface area contributed by atoms with Gasteiger partial charge in [0, 0.05) is 7.05 Å². The summed E-state index contributed by atoms with van der Waals surface area (Å²) in [5.41, 5.74) is -0.164. The Labute approximate surface area is 122 Å². The minimum atomic E-state index is -1.18. The molecule has 0 saturated carbocycles. The normalized spacial score (nSPS) is 16.7. The number of nitro groups is 1. The lowest BCUT2D eigenvalue weighted by Crippen LogP contribution is -2.26. The van der Waals surface area contributed by atoms with Crippen molar-refractivity contribution in [1.82, 2.24) is 4.90 Å². The zero-order valence-electron chi connectivity index (χ0n) is 11.2. The Hall–Kier alpha value is -3.10. The molecule has 0 aromatic heterocycles. The molecular formula is C13H9F2N3O4. The van der Waals surface area contributed by atoms with Crippen LogP contribution in [0.15, 0.2) is 35.1 Å². The van der Waals surface area contributed by atoms with Gasteiger partial charge in [0.05, 0.1) is 11.0 Å². The third-order valence-corrected chi connectivity index (χ3v) is 2.79. The van der Waals surface area contributed by atoms with Crippen molar-refractivity contribution >= 4 is 17.8 Å². The third-order valence-electron chi connectivity index (χ3n) is 2.79. The average molecular weight is 309 g/mol. The molecule has 114 valence electrons. The Bertz CT molecular complexity index is 733. The highest BCUT2D eigenvalue weighted by molar-refractivity contribution is 6.17. The van der Waals surface area contributed by atoms with Crippen molar-refractivity contribution in [3.8, 4) is 5.75 Å². The number of rotatable bonds is 3. The summed E-state index contributed by atoms with van der Waals surface area (Å²) in [7, 11) is 1.35. The Morgan fingerprint density at radius 2 is 1.95 bits per heavy atom. The van der Waals surface area contributed by atoms with Crippen molar-refractivity contribution in [2.24, 2.45) is 4.99 Å². The van der Waals surface area contributed by atoms with E-state index in [4.69, 9.17) is 5.11 Å². The maximum Gasteiger partial charge on any atom is 0.277 e. The number of carbonyl (C=O) groups is 1. The van der Waals surface area contributed by atoms with Crippen LogP contribution < -0.4 is 0 Å². The number of phenols is 1.